The van der Waals surface area contributed by atoms with Crippen LogP contribution in [-0.2, 0) is 10.2 Å². The molecule has 0 aliphatic carbocycles. The van der Waals surface area contributed by atoms with Gasteiger partial charge in [0.1, 0.15) is 5.41 Å². The van der Waals surface area contributed by atoms with Gasteiger partial charge in [0, 0.05) is 18.8 Å². The van der Waals surface area contributed by atoms with E-state index in [1.807, 2.05) is 18.2 Å². The van der Waals surface area contributed by atoms with Crippen LogP contribution < -0.4 is 5.32 Å². The minimum atomic E-state index is -0.604. The summed E-state index contributed by atoms with van der Waals surface area (Å²) in [7, 11) is 0. The molecule has 26 heavy (non-hydrogen) atoms. The van der Waals surface area contributed by atoms with Gasteiger partial charge >= 0.3 is 0 Å². The highest BCUT2D eigenvalue weighted by molar-refractivity contribution is 6.08. The van der Waals surface area contributed by atoms with E-state index in [0.717, 1.165) is 55.1 Å². The Kier molecular flexibility index (Phi) is 4.27. The Hall–Kier alpha value is -2.62. The summed E-state index contributed by atoms with van der Waals surface area (Å²) in [6, 6.07) is 16.5. The molecule has 0 saturated heterocycles. The topological polar surface area (TPSA) is 44.7 Å². The Bertz CT molecular complexity index is 873. The molecule has 4 nitrogen and oxygen atoms in total. The second-order valence-corrected chi connectivity index (χ2v) is 7.29. The molecule has 1 atom stereocenters. The highest BCUT2D eigenvalue weighted by atomic mass is 16.2. The van der Waals surface area contributed by atoms with Gasteiger partial charge in [0.25, 0.3) is 0 Å². The van der Waals surface area contributed by atoms with Crippen LogP contribution in [0, 0.1) is 6.92 Å². The number of nitrogens with zero attached hydrogens (tertiary/aromatic N) is 2. The molecule has 2 aromatic rings. The Labute approximate surface area is 154 Å². The fraction of sp³-hybridized carbons (Fsp3) is 0.364. The molecule has 2 aliphatic rings. The number of anilines is 1. The first-order chi connectivity index (χ1) is 12.6. The van der Waals surface area contributed by atoms with Gasteiger partial charge in [0.2, 0.25) is 5.91 Å². The van der Waals surface area contributed by atoms with Crippen LogP contribution in [0.3, 0.4) is 0 Å². The molecule has 0 bridgehead atoms. The number of amides is 1. The molecule has 0 aromatic heterocycles. The van der Waals surface area contributed by atoms with Crippen LogP contribution in [0.25, 0.3) is 0 Å². The summed E-state index contributed by atoms with van der Waals surface area (Å²) in [5.41, 5.74) is 3.71. The Morgan fingerprint density at radius 2 is 2.00 bits per heavy atom. The molecule has 4 rings (SSSR count). The first-order valence-electron chi connectivity index (χ1n) is 9.35. The van der Waals surface area contributed by atoms with E-state index in [-0.39, 0.29) is 5.91 Å². The van der Waals surface area contributed by atoms with Crippen LogP contribution in [0.1, 0.15) is 36.5 Å². The van der Waals surface area contributed by atoms with E-state index in [1.54, 1.807) is 0 Å². The first kappa shape index (κ1) is 16.8. The van der Waals surface area contributed by atoms with Gasteiger partial charge in [-0.2, -0.15) is 0 Å². The second-order valence-electron chi connectivity index (χ2n) is 7.29. The van der Waals surface area contributed by atoms with E-state index in [0.29, 0.717) is 0 Å². The van der Waals surface area contributed by atoms with E-state index >= 15 is 0 Å². The Balaban J connectivity index is 1.69. The molecule has 134 valence electrons. The van der Waals surface area contributed by atoms with Crippen molar-refractivity contribution >= 4 is 17.4 Å². The average Bonchev–Trinajstić information content (AvgIpc) is 3.16. The second kappa shape index (κ2) is 6.60. The summed E-state index contributed by atoms with van der Waals surface area (Å²) in [6.45, 7) is 6.98. The van der Waals surface area contributed by atoms with Crippen molar-refractivity contribution in [3.63, 3.8) is 0 Å². The number of carbonyl (C=O) groups is 1. The Morgan fingerprint density at radius 1 is 1.15 bits per heavy atom. The van der Waals surface area contributed by atoms with Crippen molar-refractivity contribution in [2.45, 2.75) is 32.1 Å². The molecule has 0 radical (unpaired) electrons. The molecule has 0 spiro atoms. The molecule has 1 unspecified atom stereocenters. The summed E-state index contributed by atoms with van der Waals surface area (Å²) in [6.07, 6.45) is 1.74. The third-order valence-corrected chi connectivity index (χ3v) is 5.68. The number of aryl methyl sites for hydroxylation is 1. The lowest BCUT2D eigenvalue weighted by Crippen LogP contribution is -2.37. The number of benzene rings is 2. The third-order valence-electron chi connectivity index (χ3n) is 5.68. The standard InChI is InChI=1S/C22H25N3O/c1-16-7-5-8-18(15-16)22(11-6-13-25-14-12-23-17(25)2)19-9-3-4-10-20(19)24-21(22)26/h3-5,7-10,15H,6,11-14H2,1-2H3,(H,24,26). The SMILES string of the molecule is CC1=NCCN1CCCC1(c2cccc(C)c2)C(=O)Nc2ccccc21. The quantitative estimate of drug-likeness (QED) is 0.895. The molecule has 0 fully saturated rings. The van der Waals surface area contributed by atoms with Crippen LogP contribution in [-0.4, -0.2) is 36.3 Å². The van der Waals surface area contributed by atoms with Crippen LogP contribution in [0.4, 0.5) is 5.69 Å². The Morgan fingerprint density at radius 3 is 2.77 bits per heavy atom. The van der Waals surface area contributed by atoms with E-state index in [4.69, 9.17) is 0 Å². The lowest BCUT2D eigenvalue weighted by atomic mass is 9.72. The van der Waals surface area contributed by atoms with E-state index in [2.05, 4.69) is 59.4 Å². The number of hydrogen-bond donors (Lipinski definition) is 1. The normalized spacial score (nSPS) is 21.5. The lowest BCUT2D eigenvalue weighted by molar-refractivity contribution is -0.119. The van der Waals surface area contributed by atoms with Crippen molar-refractivity contribution in [1.29, 1.82) is 0 Å². The minimum absolute atomic E-state index is 0.0936. The molecule has 1 amide bonds. The molecule has 2 aromatic carbocycles. The van der Waals surface area contributed by atoms with Crippen molar-refractivity contribution in [2.75, 3.05) is 25.0 Å². The summed E-state index contributed by atoms with van der Waals surface area (Å²) in [4.78, 5) is 20.0. The largest absolute Gasteiger partial charge is 0.359 e. The van der Waals surface area contributed by atoms with Gasteiger partial charge in [0.15, 0.2) is 0 Å². The zero-order chi connectivity index (χ0) is 18.1. The van der Waals surface area contributed by atoms with Gasteiger partial charge in [0.05, 0.1) is 12.4 Å². The van der Waals surface area contributed by atoms with Gasteiger partial charge in [-0.05, 0) is 43.9 Å². The number of fused-ring (bicyclic) bond motifs is 1. The van der Waals surface area contributed by atoms with E-state index < -0.39 is 5.41 Å². The van der Waals surface area contributed by atoms with Crippen molar-refractivity contribution in [2.24, 2.45) is 4.99 Å². The molecule has 4 heteroatoms. The van der Waals surface area contributed by atoms with Crippen molar-refractivity contribution in [1.82, 2.24) is 4.90 Å². The number of amidine groups is 1. The van der Waals surface area contributed by atoms with Gasteiger partial charge in [-0.25, -0.2) is 0 Å². The maximum atomic E-state index is 13.2. The zero-order valence-corrected chi connectivity index (χ0v) is 15.5. The smallest absolute Gasteiger partial charge is 0.239 e. The number of nitrogens with one attached hydrogen (secondary N) is 1. The summed E-state index contributed by atoms with van der Waals surface area (Å²) >= 11 is 0. The van der Waals surface area contributed by atoms with Crippen LogP contribution in [0.15, 0.2) is 53.5 Å². The van der Waals surface area contributed by atoms with Crippen molar-refractivity contribution in [3.8, 4) is 0 Å². The summed E-state index contributed by atoms with van der Waals surface area (Å²) in [5, 5.41) is 3.12. The van der Waals surface area contributed by atoms with E-state index in [9.17, 15) is 4.79 Å². The molecular formula is C22H25N3O. The number of carbonyl (C=O) groups excluding carboxylic acids is 1. The predicted molar refractivity (Wildman–Crippen MR) is 106 cm³/mol. The fourth-order valence-corrected chi connectivity index (χ4v) is 4.31. The van der Waals surface area contributed by atoms with Crippen LogP contribution >= 0.6 is 0 Å². The van der Waals surface area contributed by atoms with Gasteiger partial charge < -0.3 is 10.2 Å². The van der Waals surface area contributed by atoms with Crippen molar-refractivity contribution < 1.29 is 4.79 Å². The van der Waals surface area contributed by atoms with Crippen LogP contribution in [0.5, 0.6) is 0 Å². The zero-order valence-electron chi connectivity index (χ0n) is 15.5. The molecule has 0 saturated carbocycles. The summed E-state index contributed by atoms with van der Waals surface area (Å²) in [5.74, 6) is 1.21. The summed E-state index contributed by atoms with van der Waals surface area (Å²) < 4.78 is 0. The number of aliphatic imine (C=N–C) groups is 1. The van der Waals surface area contributed by atoms with Crippen LogP contribution in [0.2, 0.25) is 0 Å². The monoisotopic (exact) mass is 347 g/mol. The number of rotatable bonds is 5. The molecular weight excluding hydrogens is 322 g/mol. The average molecular weight is 347 g/mol. The predicted octanol–water partition coefficient (Wildman–Crippen LogP) is 3.75. The van der Waals surface area contributed by atoms with Gasteiger partial charge in [-0.1, -0.05) is 48.0 Å². The van der Waals surface area contributed by atoms with Gasteiger partial charge in [-0.15, -0.1) is 0 Å². The highest BCUT2D eigenvalue weighted by Gasteiger charge is 2.47. The minimum Gasteiger partial charge on any atom is -0.359 e. The lowest BCUT2D eigenvalue weighted by Gasteiger charge is -2.30. The molecule has 2 aliphatic heterocycles. The fourth-order valence-electron chi connectivity index (χ4n) is 4.31. The number of hydrogen-bond acceptors (Lipinski definition) is 3. The maximum Gasteiger partial charge on any atom is 0.239 e. The highest BCUT2D eigenvalue weighted by Crippen LogP contribution is 2.46. The maximum absolute atomic E-state index is 13.2. The molecule has 2 heterocycles. The van der Waals surface area contributed by atoms with Gasteiger partial charge in [-0.3, -0.25) is 9.79 Å². The molecule has 1 N–H and O–H groups in total. The van der Waals surface area contributed by atoms with E-state index in [1.165, 1.54) is 5.56 Å². The first-order valence-corrected chi connectivity index (χ1v) is 9.35. The third kappa shape index (κ3) is 2.70. The van der Waals surface area contributed by atoms with Crippen molar-refractivity contribution in [3.05, 3.63) is 65.2 Å². The number of para-hydroxylation sites is 1.